The third-order valence-corrected chi connectivity index (χ3v) is 7.13. The van der Waals surface area contributed by atoms with Crippen LogP contribution in [0.25, 0.3) is 11.1 Å². The maximum atomic E-state index is 12.1. The van der Waals surface area contributed by atoms with Gasteiger partial charge in [-0.15, -0.1) is 0 Å². The summed E-state index contributed by atoms with van der Waals surface area (Å²) in [6, 6.07) is 13.2. The average Bonchev–Trinajstić information content (AvgIpc) is 2.75. The van der Waals surface area contributed by atoms with Gasteiger partial charge in [0.2, 0.25) is 0 Å². The maximum Gasteiger partial charge on any atom is 0.178 e. The Hall–Kier alpha value is -1.85. The molecule has 2 aromatic carbocycles. The lowest BCUT2D eigenvalue weighted by Gasteiger charge is -2.28. The molecule has 0 spiro atoms. The highest BCUT2D eigenvalue weighted by molar-refractivity contribution is 7.91. The zero-order chi connectivity index (χ0) is 21.4. The quantitative estimate of drug-likeness (QED) is 0.648. The van der Waals surface area contributed by atoms with Crippen LogP contribution in [0.3, 0.4) is 0 Å². The number of hydrogen-bond acceptors (Lipinski definition) is 4. The molecule has 0 aromatic heterocycles. The minimum atomic E-state index is -3.20. The summed E-state index contributed by atoms with van der Waals surface area (Å²) in [5.74, 6) is 1.64. The lowest BCUT2D eigenvalue weighted by atomic mass is 9.98. The Balaban J connectivity index is 0.00000145. The molecule has 160 valence electrons. The predicted octanol–water partition coefficient (Wildman–Crippen LogP) is 5.20. The summed E-state index contributed by atoms with van der Waals surface area (Å²) in [7, 11) is -1.03. The van der Waals surface area contributed by atoms with Gasteiger partial charge in [-0.1, -0.05) is 39.0 Å². The molecule has 0 aliphatic carbocycles. The van der Waals surface area contributed by atoms with Crippen molar-refractivity contribution in [3.8, 4) is 16.9 Å². The van der Waals surface area contributed by atoms with Gasteiger partial charge in [-0.2, -0.15) is 0 Å². The molecular formula is C24H35NO3S. The van der Waals surface area contributed by atoms with Gasteiger partial charge in [-0.3, -0.25) is 0 Å². The molecule has 0 saturated carbocycles. The molecule has 1 fully saturated rings. The molecule has 0 unspecified atom stereocenters. The van der Waals surface area contributed by atoms with Gasteiger partial charge >= 0.3 is 0 Å². The molecule has 0 atom stereocenters. The summed E-state index contributed by atoms with van der Waals surface area (Å²) in [5, 5.41) is 0. The fourth-order valence-electron chi connectivity index (χ4n) is 3.46. The molecule has 3 rings (SSSR count). The number of hydrogen-bond donors (Lipinski definition) is 0. The highest BCUT2D eigenvalue weighted by Crippen LogP contribution is 2.29. The number of benzene rings is 2. The van der Waals surface area contributed by atoms with E-state index < -0.39 is 9.84 Å². The van der Waals surface area contributed by atoms with Crippen molar-refractivity contribution in [2.75, 3.05) is 32.5 Å². The second-order valence-electron chi connectivity index (χ2n) is 7.47. The van der Waals surface area contributed by atoms with Crippen molar-refractivity contribution in [1.29, 1.82) is 0 Å². The SMILES string of the molecule is CC.CCS(=O)(=O)c1cccc(-c2ccc(OCC3CCN(C)CC3)c(C)c2)c1. The van der Waals surface area contributed by atoms with E-state index in [2.05, 4.69) is 18.0 Å². The number of sulfone groups is 1. The van der Waals surface area contributed by atoms with E-state index in [1.165, 1.54) is 12.8 Å². The molecule has 2 aromatic rings. The standard InChI is InChI=1S/C22H29NO3S.C2H6/c1-4-27(24,25)21-7-5-6-19(15-21)20-8-9-22(17(2)14-20)26-16-18-10-12-23(3)13-11-18;1-2/h5-9,14-15,18H,4,10-13,16H2,1-3H3;1-2H3. The molecular weight excluding hydrogens is 382 g/mol. The molecule has 0 amide bonds. The van der Waals surface area contributed by atoms with Crippen LogP contribution >= 0.6 is 0 Å². The van der Waals surface area contributed by atoms with E-state index >= 15 is 0 Å². The summed E-state index contributed by atoms with van der Waals surface area (Å²) in [5.41, 5.74) is 2.99. The molecule has 1 aliphatic rings. The second-order valence-corrected chi connectivity index (χ2v) is 9.75. The van der Waals surface area contributed by atoms with E-state index in [0.717, 1.165) is 42.1 Å². The fraction of sp³-hybridized carbons (Fsp3) is 0.500. The summed E-state index contributed by atoms with van der Waals surface area (Å²) in [6.45, 7) is 10.8. The van der Waals surface area contributed by atoms with Gasteiger partial charge in [-0.05, 0) is 86.8 Å². The van der Waals surface area contributed by atoms with Crippen LogP contribution in [0.2, 0.25) is 0 Å². The Morgan fingerprint density at radius 2 is 1.69 bits per heavy atom. The van der Waals surface area contributed by atoms with Gasteiger partial charge in [0.1, 0.15) is 5.75 Å². The van der Waals surface area contributed by atoms with Crippen molar-refractivity contribution in [3.63, 3.8) is 0 Å². The molecule has 1 saturated heterocycles. The van der Waals surface area contributed by atoms with Crippen LogP contribution in [0.5, 0.6) is 5.75 Å². The minimum absolute atomic E-state index is 0.110. The number of likely N-dealkylation sites (tertiary alicyclic amines) is 1. The highest BCUT2D eigenvalue weighted by atomic mass is 32.2. The lowest BCUT2D eigenvalue weighted by molar-refractivity contribution is 0.159. The Morgan fingerprint density at radius 3 is 2.31 bits per heavy atom. The summed E-state index contributed by atoms with van der Waals surface area (Å²) in [4.78, 5) is 2.74. The third kappa shape index (κ3) is 6.31. The fourth-order valence-corrected chi connectivity index (χ4v) is 4.39. The van der Waals surface area contributed by atoms with Gasteiger partial charge in [0.15, 0.2) is 9.84 Å². The first-order valence-electron chi connectivity index (χ1n) is 10.6. The molecule has 1 aliphatic heterocycles. The summed E-state index contributed by atoms with van der Waals surface area (Å²) < 4.78 is 30.4. The van der Waals surface area contributed by atoms with E-state index in [4.69, 9.17) is 4.74 Å². The Kier molecular flexibility index (Phi) is 8.72. The van der Waals surface area contributed by atoms with Crippen molar-refractivity contribution in [2.24, 2.45) is 5.92 Å². The van der Waals surface area contributed by atoms with Crippen LogP contribution < -0.4 is 4.74 Å². The zero-order valence-electron chi connectivity index (χ0n) is 18.4. The Labute approximate surface area is 176 Å². The van der Waals surface area contributed by atoms with E-state index in [0.29, 0.717) is 10.8 Å². The first-order valence-corrected chi connectivity index (χ1v) is 12.3. The van der Waals surface area contributed by atoms with Crippen LogP contribution in [-0.4, -0.2) is 45.8 Å². The van der Waals surface area contributed by atoms with Gasteiger partial charge < -0.3 is 9.64 Å². The van der Waals surface area contributed by atoms with Gasteiger partial charge in [-0.25, -0.2) is 8.42 Å². The smallest absolute Gasteiger partial charge is 0.178 e. The Morgan fingerprint density at radius 1 is 1.03 bits per heavy atom. The van der Waals surface area contributed by atoms with Crippen molar-refractivity contribution in [1.82, 2.24) is 4.90 Å². The predicted molar refractivity (Wildman–Crippen MR) is 121 cm³/mol. The van der Waals surface area contributed by atoms with E-state index in [1.807, 2.05) is 39.0 Å². The van der Waals surface area contributed by atoms with Crippen LogP contribution in [0.15, 0.2) is 47.4 Å². The number of ether oxygens (including phenoxy) is 1. The second kappa shape index (κ2) is 10.8. The normalized spacial score (nSPS) is 15.5. The van der Waals surface area contributed by atoms with Crippen molar-refractivity contribution < 1.29 is 13.2 Å². The molecule has 4 nitrogen and oxygen atoms in total. The van der Waals surface area contributed by atoms with Gasteiger partial charge in [0.05, 0.1) is 17.3 Å². The molecule has 0 N–H and O–H groups in total. The van der Waals surface area contributed by atoms with Gasteiger partial charge in [0, 0.05) is 0 Å². The van der Waals surface area contributed by atoms with Crippen molar-refractivity contribution >= 4 is 9.84 Å². The minimum Gasteiger partial charge on any atom is -0.493 e. The van der Waals surface area contributed by atoms with E-state index in [9.17, 15) is 8.42 Å². The van der Waals surface area contributed by atoms with E-state index in [1.54, 1.807) is 25.1 Å². The van der Waals surface area contributed by atoms with Crippen molar-refractivity contribution in [2.45, 2.75) is 45.4 Å². The average molecular weight is 418 g/mol. The number of aryl methyl sites for hydroxylation is 1. The summed E-state index contributed by atoms with van der Waals surface area (Å²) >= 11 is 0. The van der Waals surface area contributed by atoms with Crippen LogP contribution in [0, 0.1) is 12.8 Å². The first-order chi connectivity index (χ1) is 13.9. The van der Waals surface area contributed by atoms with Crippen molar-refractivity contribution in [3.05, 3.63) is 48.0 Å². The zero-order valence-corrected chi connectivity index (χ0v) is 19.3. The maximum absolute atomic E-state index is 12.1. The number of piperidine rings is 1. The summed E-state index contributed by atoms with van der Waals surface area (Å²) in [6.07, 6.45) is 2.37. The lowest BCUT2D eigenvalue weighted by Crippen LogP contribution is -2.32. The van der Waals surface area contributed by atoms with Gasteiger partial charge in [0.25, 0.3) is 0 Å². The van der Waals surface area contributed by atoms with Crippen LogP contribution in [0.4, 0.5) is 0 Å². The molecule has 0 radical (unpaired) electrons. The third-order valence-electron chi connectivity index (χ3n) is 5.39. The monoisotopic (exact) mass is 417 g/mol. The molecule has 5 heteroatoms. The molecule has 29 heavy (non-hydrogen) atoms. The highest BCUT2D eigenvalue weighted by Gasteiger charge is 2.18. The van der Waals surface area contributed by atoms with E-state index in [-0.39, 0.29) is 5.75 Å². The molecule has 1 heterocycles. The largest absolute Gasteiger partial charge is 0.493 e. The number of nitrogens with zero attached hydrogens (tertiary/aromatic N) is 1. The molecule has 0 bridgehead atoms. The Bertz CT molecular complexity index is 885. The van der Waals surface area contributed by atoms with Crippen LogP contribution in [0.1, 0.15) is 39.2 Å². The van der Waals surface area contributed by atoms with Crippen LogP contribution in [-0.2, 0) is 9.84 Å². The number of rotatable bonds is 6. The topological polar surface area (TPSA) is 46.6 Å². The first kappa shape index (κ1) is 23.4.